The topological polar surface area (TPSA) is 59.8 Å². The molecular weight excluding hydrogens is 344 g/mol. The number of benzene rings is 1. The quantitative estimate of drug-likeness (QED) is 0.761. The number of anilines is 1. The number of hydrogen-bond acceptors (Lipinski definition) is 4. The number of para-hydroxylation sites is 1. The van der Waals surface area contributed by atoms with Crippen molar-refractivity contribution in [2.75, 3.05) is 11.9 Å². The maximum atomic E-state index is 12.2. The van der Waals surface area contributed by atoms with Crippen LogP contribution in [0, 0.1) is 6.92 Å². The lowest BCUT2D eigenvalue weighted by Gasteiger charge is -2.11. The summed E-state index contributed by atoms with van der Waals surface area (Å²) in [5.41, 5.74) is 1.43. The Morgan fingerprint density at radius 3 is 2.77 bits per heavy atom. The van der Waals surface area contributed by atoms with Crippen molar-refractivity contribution in [3.05, 3.63) is 45.0 Å². The van der Waals surface area contributed by atoms with E-state index >= 15 is 0 Å². The van der Waals surface area contributed by atoms with Gasteiger partial charge in [-0.05, 0) is 40.9 Å². The summed E-state index contributed by atoms with van der Waals surface area (Å²) in [6, 6.07) is 5.78. The van der Waals surface area contributed by atoms with E-state index in [1.807, 2.05) is 25.1 Å². The van der Waals surface area contributed by atoms with Crippen LogP contribution in [0.5, 0.6) is 0 Å². The van der Waals surface area contributed by atoms with Crippen LogP contribution in [0.1, 0.15) is 38.2 Å². The third kappa shape index (κ3) is 4.16. The van der Waals surface area contributed by atoms with Crippen LogP contribution in [0.3, 0.4) is 0 Å². The van der Waals surface area contributed by atoms with Crippen LogP contribution >= 0.6 is 15.9 Å². The SMILES string of the molecule is CCCCCCNc1ncn(-c2c(C)cccc2Br)c(=O)n1. The second-order valence-corrected chi connectivity index (χ2v) is 6.08. The normalized spacial score (nSPS) is 10.7. The summed E-state index contributed by atoms with van der Waals surface area (Å²) < 4.78 is 2.31. The predicted octanol–water partition coefficient (Wildman–Crippen LogP) is 3.69. The van der Waals surface area contributed by atoms with E-state index in [1.165, 1.54) is 30.2 Å². The zero-order chi connectivity index (χ0) is 15.9. The maximum Gasteiger partial charge on any atom is 0.356 e. The van der Waals surface area contributed by atoms with Crippen molar-refractivity contribution in [3.63, 3.8) is 0 Å². The number of nitrogens with zero attached hydrogens (tertiary/aromatic N) is 3. The highest BCUT2D eigenvalue weighted by Gasteiger charge is 2.09. The van der Waals surface area contributed by atoms with Gasteiger partial charge in [-0.1, -0.05) is 38.3 Å². The lowest BCUT2D eigenvalue weighted by Crippen LogP contribution is -2.24. The standard InChI is InChI=1S/C16H21BrN4O/c1-3-4-5-6-10-18-15-19-11-21(16(22)20-15)14-12(2)8-7-9-13(14)17/h7-9,11H,3-6,10H2,1-2H3,(H,18,20,22). The van der Waals surface area contributed by atoms with Crippen molar-refractivity contribution in [2.24, 2.45) is 0 Å². The maximum absolute atomic E-state index is 12.2. The highest BCUT2D eigenvalue weighted by Crippen LogP contribution is 2.22. The van der Waals surface area contributed by atoms with Gasteiger partial charge in [-0.3, -0.25) is 0 Å². The molecule has 0 saturated carbocycles. The molecule has 0 spiro atoms. The first-order valence-corrected chi connectivity index (χ1v) is 8.38. The van der Waals surface area contributed by atoms with Gasteiger partial charge in [0.15, 0.2) is 0 Å². The Labute approximate surface area is 138 Å². The zero-order valence-electron chi connectivity index (χ0n) is 13.0. The van der Waals surface area contributed by atoms with E-state index in [-0.39, 0.29) is 5.69 Å². The van der Waals surface area contributed by atoms with E-state index in [9.17, 15) is 4.79 Å². The Morgan fingerprint density at radius 2 is 2.09 bits per heavy atom. The molecule has 22 heavy (non-hydrogen) atoms. The van der Waals surface area contributed by atoms with Crippen molar-refractivity contribution in [2.45, 2.75) is 39.5 Å². The summed E-state index contributed by atoms with van der Waals surface area (Å²) >= 11 is 3.47. The molecule has 0 bridgehead atoms. The first-order chi connectivity index (χ1) is 10.6. The van der Waals surface area contributed by atoms with Gasteiger partial charge in [0.2, 0.25) is 5.95 Å². The first-order valence-electron chi connectivity index (χ1n) is 7.58. The monoisotopic (exact) mass is 364 g/mol. The number of rotatable bonds is 7. The molecule has 1 aromatic carbocycles. The Bertz CT molecular complexity index is 664. The van der Waals surface area contributed by atoms with Gasteiger partial charge < -0.3 is 5.32 Å². The second-order valence-electron chi connectivity index (χ2n) is 5.23. The molecule has 0 aliphatic heterocycles. The Morgan fingerprint density at radius 1 is 1.27 bits per heavy atom. The fraction of sp³-hybridized carbons (Fsp3) is 0.438. The summed E-state index contributed by atoms with van der Waals surface area (Å²) in [7, 11) is 0. The summed E-state index contributed by atoms with van der Waals surface area (Å²) in [5, 5.41) is 3.11. The van der Waals surface area contributed by atoms with Gasteiger partial charge in [-0.15, -0.1) is 0 Å². The number of unbranched alkanes of at least 4 members (excludes halogenated alkanes) is 3. The smallest absolute Gasteiger partial charge is 0.354 e. The van der Waals surface area contributed by atoms with Crippen molar-refractivity contribution in [1.29, 1.82) is 0 Å². The minimum atomic E-state index is -0.332. The number of halogens is 1. The van der Waals surface area contributed by atoms with Crippen LogP contribution in [-0.4, -0.2) is 21.1 Å². The van der Waals surface area contributed by atoms with E-state index in [0.717, 1.165) is 28.7 Å². The van der Waals surface area contributed by atoms with Gasteiger partial charge in [0.25, 0.3) is 0 Å². The van der Waals surface area contributed by atoms with Crippen molar-refractivity contribution in [3.8, 4) is 5.69 Å². The molecule has 0 radical (unpaired) electrons. The molecule has 6 heteroatoms. The molecule has 0 aliphatic rings. The average Bonchev–Trinajstić information content (AvgIpc) is 2.49. The number of hydrogen-bond donors (Lipinski definition) is 1. The summed E-state index contributed by atoms with van der Waals surface area (Å²) in [6.45, 7) is 4.92. The highest BCUT2D eigenvalue weighted by molar-refractivity contribution is 9.10. The van der Waals surface area contributed by atoms with Gasteiger partial charge in [0.05, 0.1) is 5.69 Å². The first kappa shape index (κ1) is 16.7. The molecule has 2 aromatic rings. The number of nitrogens with one attached hydrogen (secondary N) is 1. The minimum Gasteiger partial charge on any atom is -0.354 e. The van der Waals surface area contributed by atoms with Crippen molar-refractivity contribution >= 4 is 21.9 Å². The van der Waals surface area contributed by atoms with E-state index in [0.29, 0.717) is 5.95 Å². The third-order valence-electron chi connectivity index (χ3n) is 3.45. The van der Waals surface area contributed by atoms with Crippen molar-refractivity contribution in [1.82, 2.24) is 14.5 Å². The number of aryl methyl sites for hydroxylation is 1. The molecule has 2 rings (SSSR count). The molecular formula is C16H21BrN4O. The predicted molar refractivity (Wildman–Crippen MR) is 92.7 cm³/mol. The Hall–Kier alpha value is -1.69. The molecule has 0 unspecified atom stereocenters. The van der Waals surface area contributed by atoms with E-state index in [1.54, 1.807) is 0 Å². The fourth-order valence-corrected chi connectivity index (χ4v) is 2.91. The largest absolute Gasteiger partial charge is 0.356 e. The second kappa shape index (κ2) is 8.08. The fourth-order valence-electron chi connectivity index (χ4n) is 2.25. The molecule has 0 fully saturated rings. The molecule has 1 aromatic heterocycles. The van der Waals surface area contributed by atoms with Gasteiger partial charge in [0, 0.05) is 11.0 Å². The van der Waals surface area contributed by atoms with Crippen LogP contribution in [-0.2, 0) is 0 Å². The number of aromatic nitrogens is 3. The molecule has 1 N–H and O–H groups in total. The average molecular weight is 365 g/mol. The summed E-state index contributed by atoms with van der Waals surface area (Å²) in [4.78, 5) is 20.5. The van der Waals surface area contributed by atoms with Crippen LogP contribution in [0.2, 0.25) is 0 Å². The van der Waals surface area contributed by atoms with E-state index in [4.69, 9.17) is 0 Å². The summed E-state index contributed by atoms with van der Waals surface area (Å²) in [5.74, 6) is 0.391. The van der Waals surface area contributed by atoms with Crippen molar-refractivity contribution < 1.29 is 0 Å². The molecule has 5 nitrogen and oxygen atoms in total. The van der Waals surface area contributed by atoms with E-state index < -0.39 is 0 Å². The third-order valence-corrected chi connectivity index (χ3v) is 4.09. The van der Waals surface area contributed by atoms with Crippen LogP contribution in [0.4, 0.5) is 5.95 Å². The summed E-state index contributed by atoms with van der Waals surface area (Å²) in [6.07, 6.45) is 6.19. The van der Waals surface area contributed by atoms with Crippen LogP contribution in [0.25, 0.3) is 5.69 Å². The Kier molecular flexibility index (Phi) is 6.12. The molecule has 1 heterocycles. The van der Waals surface area contributed by atoms with Gasteiger partial charge >= 0.3 is 5.69 Å². The Balaban J connectivity index is 2.12. The van der Waals surface area contributed by atoms with Gasteiger partial charge in [-0.2, -0.15) is 4.98 Å². The minimum absolute atomic E-state index is 0.332. The lowest BCUT2D eigenvalue weighted by atomic mass is 10.2. The highest BCUT2D eigenvalue weighted by atomic mass is 79.9. The molecule has 118 valence electrons. The van der Waals surface area contributed by atoms with Crippen LogP contribution in [0.15, 0.2) is 33.8 Å². The molecule has 0 amide bonds. The molecule has 0 aliphatic carbocycles. The van der Waals surface area contributed by atoms with E-state index in [2.05, 4.69) is 38.1 Å². The molecule has 0 saturated heterocycles. The van der Waals surface area contributed by atoms with Gasteiger partial charge in [-0.25, -0.2) is 14.3 Å². The molecule has 0 atom stereocenters. The van der Waals surface area contributed by atoms with Gasteiger partial charge in [0.1, 0.15) is 6.33 Å². The van der Waals surface area contributed by atoms with Crippen LogP contribution < -0.4 is 11.0 Å². The zero-order valence-corrected chi connectivity index (χ0v) is 14.6. The lowest BCUT2D eigenvalue weighted by molar-refractivity contribution is 0.682.